The summed E-state index contributed by atoms with van der Waals surface area (Å²) in [5, 5.41) is 0. The minimum atomic E-state index is -4.64. The molecule has 0 saturated heterocycles. The Morgan fingerprint density at radius 1 is 0.692 bits per heavy atom. The molecule has 82 valence electrons. The van der Waals surface area contributed by atoms with E-state index in [2.05, 4.69) is 0 Å². The Balaban J connectivity index is -0.0000000178. The second-order valence-corrected chi connectivity index (χ2v) is 3.08. The van der Waals surface area contributed by atoms with Gasteiger partial charge in [0.2, 0.25) is 0 Å². The van der Waals surface area contributed by atoms with Crippen molar-refractivity contribution in [3.8, 4) is 0 Å². The van der Waals surface area contributed by atoms with Crippen molar-refractivity contribution in [2.24, 2.45) is 0 Å². The average molecular weight is 254 g/mol. The van der Waals surface area contributed by atoms with Crippen molar-refractivity contribution < 1.29 is 69.5 Å². The third-order valence-electron chi connectivity index (χ3n) is 0. The maximum Gasteiger partial charge on any atom is 1.00 e. The third kappa shape index (κ3) is 1250. The molecule has 0 spiro atoms. The van der Waals surface area contributed by atoms with Crippen molar-refractivity contribution in [3.63, 3.8) is 0 Å². The third-order valence-corrected chi connectivity index (χ3v) is 0. The molecule has 0 aliphatic rings. The minimum Gasteiger partial charge on any atom is -1.00 e. The first-order valence-electron chi connectivity index (χ1n) is 1.57. The second kappa shape index (κ2) is 11.2. The predicted octanol–water partition coefficient (Wildman–Crippen LogP) is -4.42. The van der Waals surface area contributed by atoms with E-state index in [0.29, 0.717) is 0 Å². The van der Waals surface area contributed by atoms with Crippen LogP contribution >= 0.6 is 15.6 Å². The molecule has 0 aliphatic heterocycles. The zero-order chi connectivity index (χ0) is 9.00. The van der Waals surface area contributed by atoms with Gasteiger partial charge in [0.25, 0.3) is 0 Å². The van der Waals surface area contributed by atoms with Crippen LogP contribution in [0.3, 0.4) is 0 Å². The van der Waals surface area contributed by atoms with Crippen LogP contribution in [0, 0.1) is 0 Å². The molecular formula is H13N2NaO8P2. The molecule has 0 bridgehead atoms. The molecular weight excluding hydrogens is 241 g/mol. The molecule has 0 fully saturated rings. The molecule has 0 aliphatic carbocycles. The Kier molecular flexibility index (Phi) is 25.2. The minimum absolute atomic E-state index is 0. The Labute approximate surface area is 97.4 Å². The molecule has 0 radical (unpaired) electrons. The van der Waals surface area contributed by atoms with Crippen LogP contribution in [0.15, 0.2) is 0 Å². The Bertz CT molecular complexity index is 138. The first-order valence-corrected chi connectivity index (χ1v) is 4.70. The van der Waals surface area contributed by atoms with Gasteiger partial charge in [-0.25, -0.2) is 9.13 Å². The Morgan fingerprint density at radius 3 is 0.692 bits per heavy atom. The number of phosphoric acid groups is 2. The van der Waals surface area contributed by atoms with Gasteiger partial charge in [-0.15, -0.1) is 0 Å². The van der Waals surface area contributed by atoms with Gasteiger partial charge in [0.15, 0.2) is 0 Å². The summed E-state index contributed by atoms with van der Waals surface area (Å²) in [6, 6.07) is 0. The maximum absolute atomic E-state index is 8.88. The standard InChI is InChI=1S/2H3N.Na.2H3O4P.H/c;;;2*1-5(2,3)4;/h2*1H3;;2*(H3,1,2,3,4);/q;;+1;;;-1. The van der Waals surface area contributed by atoms with Crippen molar-refractivity contribution in [1.82, 2.24) is 12.3 Å². The van der Waals surface area contributed by atoms with E-state index < -0.39 is 15.6 Å². The first kappa shape index (κ1) is 29.2. The van der Waals surface area contributed by atoms with Crippen LogP contribution in [0.4, 0.5) is 0 Å². The zero-order valence-corrected chi connectivity index (χ0v) is 10.6. The molecule has 0 amide bonds. The van der Waals surface area contributed by atoms with Crippen LogP contribution < -0.4 is 41.9 Å². The molecule has 0 heterocycles. The van der Waals surface area contributed by atoms with E-state index in [-0.39, 0.29) is 43.3 Å². The molecule has 0 rings (SSSR count). The van der Waals surface area contributed by atoms with E-state index in [0.717, 1.165) is 0 Å². The van der Waals surface area contributed by atoms with Gasteiger partial charge in [0.1, 0.15) is 0 Å². The molecule has 0 unspecified atom stereocenters. The van der Waals surface area contributed by atoms with Crippen LogP contribution in [0.25, 0.3) is 0 Å². The van der Waals surface area contributed by atoms with Crippen molar-refractivity contribution in [2.45, 2.75) is 0 Å². The summed E-state index contributed by atoms with van der Waals surface area (Å²) in [5.74, 6) is 0. The van der Waals surface area contributed by atoms with E-state index in [9.17, 15) is 0 Å². The summed E-state index contributed by atoms with van der Waals surface area (Å²) in [4.78, 5) is 43.1. The molecule has 0 aromatic rings. The van der Waals surface area contributed by atoms with Gasteiger partial charge in [0, 0.05) is 0 Å². The molecule has 13 heavy (non-hydrogen) atoms. The molecule has 13 heteroatoms. The molecule has 0 atom stereocenters. The maximum atomic E-state index is 8.88. The van der Waals surface area contributed by atoms with Gasteiger partial charge in [-0.1, -0.05) is 0 Å². The monoisotopic (exact) mass is 254 g/mol. The van der Waals surface area contributed by atoms with E-state index in [4.69, 9.17) is 38.5 Å². The van der Waals surface area contributed by atoms with Gasteiger partial charge in [-0.2, -0.15) is 0 Å². The SMILES string of the molecule is N.N.O=P(O)(O)O.O=P(O)(O)O.[H-].[Na+]. The molecule has 0 saturated carbocycles. The van der Waals surface area contributed by atoms with E-state index in [1.807, 2.05) is 0 Å². The van der Waals surface area contributed by atoms with Crippen molar-refractivity contribution in [3.05, 3.63) is 0 Å². The van der Waals surface area contributed by atoms with Crippen molar-refractivity contribution >= 4 is 15.6 Å². The van der Waals surface area contributed by atoms with Crippen LogP contribution in [-0.4, -0.2) is 29.4 Å². The summed E-state index contributed by atoms with van der Waals surface area (Å²) in [6.45, 7) is 0. The predicted molar refractivity (Wildman–Crippen MR) is 39.7 cm³/mol. The average Bonchev–Trinajstić information content (AvgIpc) is 1.12. The summed E-state index contributed by atoms with van der Waals surface area (Å²) >= 11 is 0. The fraction of sp³-hybridized carbons (Fsp3) is 0. The fourth-order valence-corrected chi connectivity index (χ4v) is 0. The van der Waals surface area contributed by atoms with Gasteiger partial charge in [0.05, 0.1) is 0 Å². The van der Waals surface area contributed by atoms with Crippen LogP contribution in [0.2, 0.25) is 0 Å². The van der Waals surface area contributed by atoms with Gasteiger partial charge < -0.3 is 43.1 Å². The molecule has 10 nitrogen and oxygen atoms in total. The van der Waals surface area contributed by atoms with Crippen molar-refractivity contribution in [2.75, 3.05) is 0 Å². The Morgan fingerprint density at radius 2 is 0.692 bits per heavy atom. The molecule has 12 N–H and O–H groups in total. The first-order chi connectivity index (χ1) is 4.00. The number of hydrogen-bond donors (Lipinski definition) is 8. The van der Waals surface area contributed by atoms with E-state index in [1.54, 1.807) is 0 Å². The van der Waals surface area contributed by atoms with Crippen LogP contribution in [0.1, 0.15) is 1.43 Å². The quantitative estimate of drug-likeness (QED) is 0.153. The number of rotatable bonds is 0. The van der Waals surface area contributed by atoms with Gasteiger partial charge >= 0.3 is 45.2 Å². The topological polar surface area (TPSA) is 226 Å². The number of hydrogen-bond acceptors (Lipinski definition) is 4. The van der Waals surface area contributed by atoms with Gasteiger partial charge in [-0.05, 0) is 0 Å². The van der Waals surface area contributed by atoms with Crippen LogP contribution in [0.5, 0.6) is 0 Å². The normalized spacial score (nSPS) is 9.08. The smallest absolute Gasteiger partial charge is 1.00 e. The second-order valence-electron chi connectivity index (χ2n) is 1.03. The summed E-state index contributed by atoms with van der Waals surface area (Å²) in [5.41, 5.74) is 0. The van der Waals surface area contributed by atoms with E-state index >= 15 is 0 Å². The summed E-state index contributed by atoms with van der Waals surface area (Å²) in [6.07, 6.45) is 0. The zero-order valence-electron chi connectivity index (χ0n) is 7.81. The summed E-state index contributed by atoms with van der Waals surface area (Å²) in [7, 11) is -9.28. The molecule has 0 aromatic carbocycles. The van der Waals surface area contributed by atoms with Crippen molar-refractivity contribution in [1.29, 1.82) is 0 Å². The largest absolute Gasteiger partial charge is 1.00 e. The fourth-order valence-electron chi connectivity index (χ4n) is 0. The summed E-state index contributed by atoms with van der Waals surface area (Å²) < 4.78 is 17.8. The molecule has 0 aromatic heterocycles. The van der Waals surface area contributed by atoms with Gasteiger partial charge in [-0.3, -0.25) is 0 Å². The Hall–Kier alpha value is 1.14. The van der Waals surface area contributed by atoms with Crippen LogP contribution in [-0.2, 0) is 9.13 Å². The van der Waals surface area contributed by atoms with E-state index in [1.165, 1.54) is 0 Å².